The van der Waals surface area contributed by atoms with Crippen molar-refractivity contribution < 1.29 is 33.1 Å². The van der Waals surface area contributed by atoms with Crippen LogP contribution in [0.5, 0.6) is 17.6 Å². The number of rotatable bonds is 6. The molecule has 4 unspecified atom stereocenters. The number of halogens is 2. The number of nitrogens with zero attached hydrogens (tertiary/aromatic N) is 5. The summed E-state index contributed by atoms with van der Waals surface area (Å²) in [5.74, 6) is 0.883. The maximum absolute atomic E-state index is 17.1. The Balaban J connectivity index is 1.43. The monoisotopic (exact) mass is 659 g/mol. The summed E-state index contributed by atoms with van der Waals surface area (Å²) in [6.07, 6.45) is 11.2. The van der Waals surface area contributed by atoms with Crippen LogP contribution in [0.2, 0.25) is 0 Å². The van der Waals surface area contributed by atoms with E-state index in [2.05, 4.69) is 15.9 Å². The zero-order valence-electron chi connectivity index (χ0n) is 27.4. The van der Waals surface area contributed by atoms with Crippen LogP contribution < -0.4 is 14.4 Å². The number of β-amino-alcohol motifs (C(OH)–C–C–N with tert-alkyl or cyclic N) is 1. The average molecular weight is 660 g/mol. The molecule has 2 aromatic heterocycles. The fraction of sp³-hybridized carbons (Fsp3) is 0.472. The normalized spacial score (nSPS) is 27.2. The lowest BCUT2D eigenvalue weighted by atomic mass is 9.75. The lowest BCUT2D eigenvalue weighted by Crippen LogP contribution is -2.59. The molecule has 48 heavy (non-hydrogen) atoms. The number of phenolic OH excluding ortho intramolecular Hbond substituents is 1. The molecular weight excluding hydrogens is 620 g/mol. The lowest BCUT2D eigenvalue weighted by molar-refractivity contribution is -0.899. The molecule has 0 amide bonds. The van der Waals surface area contributed by atoms with Gasteiger partial charge < -0.3 is 34.4 Å². The second-order valence-corrected chi connectivity index (χ2v) is 14.1. The smallest absolute Gasteiger partial charge is 0.319 e. The Morgan fingerprint density at radius 3 is 2.67 bits per heavy atom. The third-order valence-electron chi connectivity index (χ3n) is 10.6. The van der Waals surface area contributed by atoms with E-state index in [0.29, 0.717) is 31.3 Å². The summed E-state index contributed by atoms with van der Waals surface area (Å²) in [7, 11) is 3.12. The molecule has 1 saturated carbocycles. The summed E-state index contributed by atoms with van der Waals surface area (Å²) in [6, 6.07) is 5.14. The van der Waals surface area contributed by atoms with Gasteiger partial charge in [0.15, 0.2) is 5.82 Å². The van der Waals surface area contributed by atoms with E-state index in [1.165, 1.54) is 31.4 Å². The second kappa shape index (κ2) is 11.7. The number of terminal acetylenes is 1. The van der Waals surface area contributed by atoms with E-state index in [4.69, 9.17) is 20.9 Å². The Kier molecular flexibility index (Phi) is 7.85. The molecular formula is C36H39F2N5O5. The number of aromatic nitrogens is 3. The molecule has 2 saturated heterocycles. The largest absolute Gasteiger partial charge is 0.633 e. The van der Waals surface area contributed by atoms with Crippen LogP contribution in [0.4, 0.5) is 14.6 Å². The highest BCUT2D eigenvalue weighted by Crippen LogP contribution is 2.50. The first-order valence-electron chi connectivity index (χ1n) is 16.4. The molecule has 0 spiro atoms. The Morgan fingerprint density at radius 1 is 1.12 bits per heavy atom. The molecule has 1 aliphatic carbocycles. The molecule has 4 aromatic rings. The minimum atomic E-state index is -1.03. The van der Waals surface area contributed by atoms with Crippen LogP contribution in [0, 0.1) is 34.6 Å². The van der Waals surface area contributed by atoms with Crippen LogP contribution in [-0.4, -0.2) is 81.9 Å². The highest BCUT2D eigenvalue weighted by atomic mass is 19.1. The number of aromatic hydroxyl groups is 1. The van der Waals surface area contributed by atoms with Gasteiger partial charge in [0, 0.05) is 30.5 Å². The Hall–Kier alpha value is -4.31. The maximum atomic E-state index is 17.1. The van der Waals surface area contributed by atoms with Crippen molar-refractivity contribution in [2.45, 2.75) is 63.5 Å². The Morgan fingerprint density at radius 2 is 1.92 bits per heavy atom. The Labute approximate surface area is 277 Å². The van der Waals surface area contributed by atoms with Crippen molar-refractivity contribution in [2.75, 3.05) is 45.3 Å². The number of hydrogen-bond donors (Lipinski definition) is 2. The number of benzene rings is 2. The number of hydrogen-bond acceptors (Lipinski definition) is 9. The van der Waals surface area contributed by atoms with Crippen LogP contribution in [-0.2, 0) is 0 Å². The van der Waals surface area contributed by atoms with E-state index in [1.54, 1.807) is 14.0 Å². The van der Waals surface area contributed by atoms with Gasteiger partial charge in [-0.05, 0) is 69.0 Å². The van der Waals surface area contributed by atoms with Crippen molar-refractivity contribution in [3.63, 3.8) is 0 Å². The number of quaternary nitrogens is 1. The average Bonchev–Trinajstić information content (AvgIpc) is 3.49. The molecule has 2 aromatic carbocycles. The van der Waals surface area contributed by atoms with E-state index in [0.717, 1.165) is 32.1 Å². The third kappa shape index (κ3) is 5.34. The number of likely N-dealkylation sites (tertiary alicyclic amines) is 1. The molecule has 7 rings (SSSR count). The van der Waals surface area contributed by atoms with E-state index in [-0.39, 0.29) is 85.8 Å². The predicted molar refractivity (Wildman–Crippen MR) is 178 cm³/mol. The summed E-state index contributed by atoms with van der Waals surface area (Å²) in [4.78, 5) is 15.7. The first kappa shape index (κ1) is 32.2. The highest BCUT2D eigenvalue weighted by molar-refractivity contribution is 6.04. The zero-order chi connectivity index (χ0) is 34.0. The minimum Gasteiger partial charge on any atom is -0.633 e. The summed E-state index contributed by atoms with van der Waals surface area (Å²) in [6.45, 7) is 3.24. The Bertz CT molecular complexity index is 1980. The van der Waals surface area contributed by atoms with Gasteiger partial charge in [0.25, 0.3) is 0 Å². The zero-order valence-corrected chi connectivity index (χ0v) is 27.4. The minimum absolute atomic E-state index is 0.00975. The van der Waals surface area contributed by atoms with Crippen molar-refractivity contribution in [1.29, 1.82) is 0 Å². The van der Waals surface area contributed by atoms with E-state index >= 15 is 4.39 Å². The van der Waals surface area contributed by atoms with E-state index in [1.807, 2.05) is 4.90 Å². The summed E-state index contributed by atoms with van der Waals surface area (Å²) < 4.78 is 43.8. The molecule has 2 N–H and O–H groups in total. The number of hydroxylamine groups is 3. The first-order valence-corrected chi connectivity index (χ1v) is 16.4. The van der Waals surface area contributed by atoms with Gasteiger partial charge >= 0.3 is 6.01 Å². The quantitative estimate of drug-likeness (QED) is 0.150. The number of fused-ring (bicyclic) bond motifs is 3. The van der Waals surface area contributed by atoms with Gasteiger partial charge in [0.05, 0.1) is 43.3 Å². The molecule has 3 fully saturated rings. The number of methoxy groups -OCH3 is 1. The standard InChI is InChI=1S/C36H39F2N5O5/c1-5-23-25(37)11-10-21-17-22(44)18-24(27(21)23)30-29(38)31-28(33(39-30)47-4)32(42-15-7-12-35(2,45)19-42)41-34(40-31)48-20-36-13-6-9-26(36)43(3,46)16-8-14-36/h1,10-11,17-18,26,44-45H,6-9,12-16,19-20H2,2-4H3. The van der Waals surface area contributed by atoms with E-state index < -0.39 is 17.2 Å². The van der Waals surface area contributed by atoms with Crippen molar-refractivity contribution in [2.24, 2.45) is 5.41 Å². The van der Waals surface area contributed by atoms with Crippen molar-refractivity contribution in [3.05, 3.63) is 46.7 Å². The fourth-order valence-electron chi connectivity index (χ4n) is 8.49. The van der Waals surface area contributed by atoms with Crippen molar-refractivity contribution in [3.8, 4) is 41.2 Å². The van der Waals surface area contributed by atoms with Crippen LogP contribution in [0.1, 0.15) is 57.4 Å². The molecule has 3 aliphatic rings. The highest BCUT2D eigenvalue weighted by Gasteiger charge is 2.53. The summed E-state index contributed by atoms with van der Waals surface area (Å²) in [5.41, 5.74) is -1.85. The van der Waals surface area contributed by atoms with Crippen molar-refractivity contribution in [1.82, 2.24) is 15.0 Å². The van der Waals surface area contributed by atoms with Crippen LogP contribution in [0.25, 0.3) is 32.9 Å². The molecule has 4 atom stereocenters. The van der Waals surface area contributed by atoms with Gasteiger partial charge in [-0.25, -0.2) is 13.8 Å². The van der Waals surface area contributed by atoms with Crippen LogP contribution in [0.15, 0.2) is 24.3 Å². The lowest BCUT2D eigenvalue weighted by Gasteiger charge is -2.54. The molecule has 12 heteroatoms. The molecule has 2 aliphatic heterocycles. The number of pyridine rings is 1. The fourth-order valence-corrected chi connectivity index (χ4v) is 8.49. The van der Waals surface area contributed by atoms with Crippen molar-refractivity contribution >= 4 is 27.5 Å². The number of anilines is 1. The first-order chi connectivity index (χ1) is 22.9. The summed E-state index contributed by atoms with van der Waals surface area (Å²) in [5, 5.41) is 35.8. The maximum Gasteiger partial charge on any atom is 0.319 e. The molecule has 0 bridgehead atoms. The van der Waals surface area contributed by atoms with Crippen LogP contribution >= 0.6 is 0 Å². The third-order valence-corrected chi connectivity index (χ3v) is 10.6. The molecule has 0 radical (unpaired) electrons. The predicted octanol–water partition coefficient (Wildman–Crippen LogP) is 5.83. The van der Waals surface area contributed by atoms with E-state index in [9.17, 15) is 19.8 Å². The number of ether oxygens (including phenoxy) is 2. The molecule has 4 heterocycles. The number of phenols is 1. The summed E-state index contributed by atoms with van der Waals surface area (Å²) >= 11 is 0. The van der Waals surface area contributed by atoms with Crippen LogP contribution in [0.3, 0.4) is 0 Å². The van der Waals surface area contributed by atoms with Gasteiger partial charge in [-0.15, -0.1) is 6.42 Å². The van der Waals surface area contributed by atoms with Gasteiger partial charge in [-0.1, -0.05) is 12.0 Å². The van der Waals surface area contributed by atoms with Gasteiger partial charge in [-0.2, -0.15) is 9.97 Å². The second-order valence-electron chi connectivity index (χ2n) is 14.1. The SMILES string of the molecule is C#Cc1c(F)ccc2cc(O)cc(-c3nc(OC)c4c(N5CCCC(C)(O)C5)nc(OCC56CCCC5[N+](C)([O-])CCC6)nc4c3F)c12. The van der Waals surface area contributed by atoms with Gasteiger partial charge in [0.1, 0.15) is 40.6 Å². The van der Waals surface area contributed by atoms with Gasteiger partial charge in [0.2, 0.25) is 5.88 Å². The molecule has 252 valence electrons. The number of piperidine rings is 2. The number of aliphatic hydroxyl groups is 1. The van der Waals surface area contributed by atoms with Gasteiger partial charge in [-0.3, -0.25) is 0 Å². The molecule has 10 nitrogen and oxygen atoms in total. The topological polar surface area (TPSA) is 124 Å².